The number of nitrogens with two attached hydrogens (primary N) is 2. The van der Waals surface area contributed by atoms with Gasteiger partial charge in [-0.25, -0.2) is 9.59 Å². The molecule has 0 amide bonds. The van der Waals surface area contributed by atoms with Crippen LogP contribution in [0.1, 0.15) is 30.1 Å². The first-order chi connectivity index (χ1) is 9.04. The molecule has 0 fully saturated rings. The van der Waals surface area contributed by atoms with E-state index in [9.17, 15) is 9.59 Å². The van der Waals surface area contributed by atoms with E-state index in [1.807, 2.05) is 6.92 Å². The molecule has 6 nitrogen and oxygen atoms in total. The number of ether oxygens (including phenoxy) is 2. The zero-order chi connectivity index (χ0) is 14.3. The summed E-state index contributed by atoms with van der Waals surface area (Å²) in [5.74, 6) is -1.25. The summed E-state index contributed by atoms with van der Waals surface area (Å²) in [4.78, 5) is 22.9. The largest absolute Gasteiger partial charge is 0.463 e. The Morgan fingerprint density at radius 2 is 1.95 bits per heavy atom. The average molecular weight is 266 g/mol. The summed E-state index contributed by atoms with van der Waals surface area (Å²) in [6.07, 6.45) is 1.71. The first kappa shape index (κ1) is 14.8. The molecule has 0 aromatic heterocycles. The summed E-state index contributed by atoms with van der Waals surface area (Å²) in [6.45, 7) is 1.89. The smallest absolute Gasteiger partial charge is 0.344 e. The molecule has 6 heteroatoms. The minimum absolute atomic E-state index is 0.176. The van der Waals surface area contributed by atoms with E-state index in [4.69, 9.17) is 20.9 Å². The van der Waals surface area contributed by atoms with Gasteiger partial charge in [-0.05, 0) is 24.6 Å². The van der Waals surface area contributed by atoms with Gasteiger partial charge in [0.2, 0.25) is 0 Å². The van der Waals surface area contributed by atoms with Crippen molar-refractivity contribution in [2.45, 2.75) is 19.8 Å². The molecule has 0 atom stereocenters. The third-order valence-electron chi connectivity index (χ3n) is 2.38. The molecule has 4 N–H and O–H groups in total. The number of nitrogen functional groups attached to an aromatic ring is 2. The SMILES string of the molecule is CCCCOC(=O)COC(=O)c1ccc(N)cc1N. The molecule has 19 heavy (non-hydrogen) atoms. The van der Waals surface area contributed by atoms with Crippen molar-refractivity contribution in [2.24, 2.45) is 0 Å². The fourth-order valence-electron chi connectivity index (χ4n) is 1.34. The summed E-state index contributed by atoms with van der Waals surface area (Å²) in [5, 5.41) is 0. The molecule has 104 valence electrons. The standard InChI is InChI=1S/C13H18N2O4/c1-2-3-6-18-12(16)8-19-13(17)10-5-4-9(14)7-11(10)15/h4-5,7H,2-3,6,8,14-15H2,1H3. The van der Waals surface area contributed by atoms with Crippen LogP contribution in [0.25, 0.3) is 0 Å². The van der Waals surface area contributed by atoms with Crippen LogP contribution in [0.5, 0.6) is 0 Å². The lowest BCUT2D eigenvalue weighted by molar-refractivity contribution is -0.147. The van der Waals surface area contributed by atoms with Crippen molar-refractivity contribution >= 4 is 23.3 Å². The molecule has 0 aliphatic heterocycles. The zero-order valence-electron chi connectivity index (χ0n) is 10.8. The van der Waals surface area contributed by atoms with Gasteiger partial charge in [-0.3, -0.25) is 0 Å². The van der Waals surface area contributed by atoms with E-state index in [2.05, 4.69) is 0 Å². The van der Waals surface area contributed by atoms with E-state index >= 15 is 0 Å². The predicted molar refractivity (Wildman–Crippen MR) is 71.4 cm³/mol. The third-order valence-corrected chi connectivity index (χ3v) is 2.38. The molecule has 1 rings (SSSR count). The van der Waals surface area contributed by atoms with Gasteiger partial charge in [0.05, 0.1) is 12.2 Å². The van der Waals surface area contributed by atoms with Crippen molar-refractivity contribution in [2.75, 3.05) is 24.7 Å². The highest BCUT2D eigenvalue weighted by Gasteiger charge is 2.13. The zero-order valence-corrected chi connectivity index (χ0v) is 10.8. The Morgan fingerprint density at radius 1 is 1.21 bits per heavy atom. The molecule has 0 saturated carbocycles. The lowest BCUT2D eigenvalue weighted by Crippen LogP contribution is -2.17. The van der Waals surface area contributed by atoms with Crippen LogP contribution in [-0.4, -0.2) is 25.2 Å². The normalized spacial score (nSPS) is 9.95. The Hall–Kier alpha value is -2.24. The van der Waals surface area contributed by atoms with Crippen molar-refractivity contribution in [1.82, 2.24) is 0 Å². The Bertz CT molecular complexity index is 460. The number of carbonyl (C=O) groups excluding carboxylic acids is 2. The second-order valence-corrected chi connectivity index (χ2v) is 4.00. The van der Waals surface area contributed by atoms with E-state index in [0.29, 0.717) is 12.3 Å². The number of unbranched alkanes of at least 4 members (excludes halogenated alkanes) is 1. The van der Waals surface area contributed by atoms with Crippen LogP contribution in [-0.2, 0) is 14.3 Å². The summed E-state index contributed by atoms with van der Waals surface area (Å²) in [7, 11) is 0. The molecule has 0 aliphatic rings. The predicted octanol–water partition coefficient (Wildman–Crippen LogP) is 1.35. The highest BCUT2D eigenvalue weighted by atomic mass is 16.6. The van der Waals surface area contributed by atoms with E-state index in [0.717, 1.165) is 12.8 Å². The first-order valence-corrected chi connectivity index (χ1v) is 6.02. The summed E-state index contributed by atoms with van der Waals surface area (Å²) < 4.78 is 9.66. The topological polar surface area (TPSA) is 105 Å². The summed E-state index contributed by atoms with van der Waals surface area (Å²) in [5.41, 5.74) is 12.0. The number of hydrogen-bond donors (Lipinski definition) is 2. The van der Waals surface area contributed by atoms with Crippen molar-refractivity contribution in [3.8, 4) is 0 Å². The molecule has 0 heterocycles. The highest BCUT2D eigenvalue weighted by molar-refractivity contribution is 5.96. The third kappa shape index (κ3) is 4.87. The van der Waals surface area contributed by atoms with Crippen molar-refractivity contribution < 1.29 is 19.1 Å². The van der Waals surface area contributed by atoms with Gasteiger partial charge in [0.25, 0.3) is 0 Å². The van der Waals surface area contributed by atoms with Gasteiger partial charge >= 0.3 is 11.9 Å². The van der Waals surface area contributed by atoms with Gasteiger partial charge in [0, 0.05) is 11.4 Å². The van der Waals surface area contributed by atoms with Crippen LogP contribution < -0.4 is 11.5 Å². The average Bonchev–Trinajstić information content (AvgIpc) is 2.36. The van der Waals surface area contributed by atoms with E-state index < -0.39 is 18.5 Å². The molecular weight excluding hydrogens is 248 g/mol. The fourth-order valence-corrected chi connectivity index (χ4v) is 1.34. The Kier molecular flexibility index (Phi) is 5.66. The number of esters is 2. The molecule has 0 bridgehead atoms. The molecule has 0 spiro atoms. The Labute approximate surface area is 111 Å². The maximum atomic E-state index is 11.7. The molecule has 1 aromatic rings. The van der Waals surface area contributed by atoms with Crippen molar-refractivity contribution in [1.29, 1.82) is 0 Å². The van der Waals surface area contributed by atoms with Crippen LogP contribution in [0.2, 0.25) is 0 Å². The summed E-state index contributed by atoms with van der Waals surface area (Å²) in [6, 6.07) is 4.44. The second kappa shape index (κ2) is 7.25. The van der Waals surface area contributed by atoms with Crippen LogP contribution in [0.15, 0.2) is 18.2 Å². The number of benzene rings is 1. The van der Waals surface area contributed by atoms with Gasteiger partial charge in [0.1, 0.15) is 0 Å². The van der Waals surface area contributed by atoms with Gasteiger partial charge < -0.3 is 20.9 Å². The highest BCUT2D eigenvalue weighted by Crippen LogP contribution is 2.16. The minimum Gasteiger partial charge on any atom is -0.463 e. The summed E-state index contributed by atoms with van der Waals surface area (Å²) >= 11 is 0. The molecular formula is C13H18N2O4. The lowest BCUT2D eigenvalue weighted by Gasteiger charge is -2.07. The number of rotatable bonds is 6. The van der Waals surface area contributed by atoms with Crippen molar-refractivity contribution in [3.63, 3.8) is 0 Å². The Balaban J connectivity index is 2.45. The van der Waals surface area contributed by atoms with E-state index in [1.54, 1.807) is 0 Å². The molecule has 1 aromatic carbocycles. The minimum atomic E-state index is -0.676. The fraction of sp³-hybridized carbons (Fsp3) is 0.385. The van der Waals surface area contributed by atoms with Gasteiger partial charge in [-0.1, -0.05) is 13.3 Å². The monoisotopic (exact) mass is 266 g/mol. The molecule has 0 unspecified atom stereocenters. The van der Waals surface area contributed by atoms with Crippen LogP contribution in [0, 0.1) is 0 Å². The maximum absolute atomic E-state index is 11.7. The number of anilines is 2. The lowest BCUT2D eigenvalue weighted by atomic mass is 10.1. The molecule has 0 saturated heterocycles. The second-order valence-electron chi connectivity index (χ2n) is 4.00. The van der Waals surface area contributed by atoms with Gasteiger partial charge in [0.15, 0.2) is 6.61 Å². The number of carbonyl (C=O) groups is 2. The van der Waals surface area contributed by atoms with Crippen LogP contribution >= 0.6 is 0 Å². The first-order valence-electron chi connectivity index (χ1n) is 6.02. The molecule has 0 aliphatic carbocycles. The van der Waals surface area contributed by atoms with E-state index in [1.165, 1.54) is 18.2 Å². The van der Waals surface area contributed by atoms with Gasteiger partial charge in [-0.2, -0.15) is 0 Å². The van der Waals surface area contributed by atoms with Crippen molar-refractivity contribution in [3.05, 3.63) is 23.8 Å². The number of hydrogen-bond acceptors (Lipinski definition) is 6. The van der Waals surface area contributed by atoms with Crippen LogP contribution in [0.3, 0.4) is 0 Å². The van der Waals surface area contributed by atoms with E-state index in [-0.39, 0.29) is 11.3 Å². The molecule has 0 radical (unpaired) electrons. The maximum Gasteiger partial charge on any atom is 0.344 e. The van der Waals surface area contributed by atoms with Crippen LogP contribution in [0.4, 0.5) is 11.4 Å². The van der Waals surface area contributed by atoms with Gasteiger partial charge in [-0.15, -0.1) is 0 Å². The Morgan fingerprint density at radius 3 is 2.58 bits per heavy atom. The quantitative estimate of drug-likeness (QED) is 0.457.